The molecule has 1 saturated heterocycles. The molecule has 4 rings (SSSR count). The molecule has 1 atom stereocenters. The number of aromatic nitrogens is 3. The molecule has 1 aliphatic rings. The Balaban J connectivity index is 1.90. The molecule has 1 fully saturated rings. The Bertz CT molecular complexity index is 1520. The molecule has 0 saturated carbocycles. The van der Waals surface area contributed by atoms with Crippen LogP contribution < -0.4 is 20.5 Å². The lowest BCUT2D eigenvalue weighted by Gasteiger charge is -2.16. The first-order valence-electron chi connectivity index (χ1n) is 12.2. The van der Waals surface area contributed by atoms with Gasteiger partial charge in [0.1, 0.15) is 17.1 Å². The average molecular weight is 555 g/mol. The van der Waals surface area contributed by atoms with Gasteiger partial charge in [0.05, 0.1) is 43.3 Å². The molecule has 3 aromatic rings. The molecule has 13 heteroatoms. The van der Waals surface area contributed by atoms with Crippen LogP contribution in [0.15, 0.2) is 24.9 Å². The van der Waals surface area contributed by atoms with Gasteiger partial charge in [-0.25, -0.2) is 13.8 Å². The number of nitrogens with one attached hydrogen (secondary N) is 1. The summed E-state index contributed by atoms with van der Waals surface area (Å²) in [5, 5.41) is 7.58. The number of carbonyl (C=O) groups is 2. The molecule has 3 N–H and O–H groups in total. The summed E-state index contributed by atoms with van der Waals surface area (Å²) in [5.41, 5.74) is 6.16. The Morgan fingerprint density at radius 1 is 1.23 bits per heavy atom. The third kappa shape index (κ3) is 5.26. The first kappa shape index (κ1) is 28.3. The number of nitrogens with zero attached hydrogens (tertiary/aromatic N) is 4. The Morgan fingerprint density at radius 3 is 2.55 bits per heavy atom. The van der Waals surface area contributed by atoms with Gasteiger partial charge in [-0.3, -0.25) is 14.3 Å². The molecular weight excluding hydrogens is 526 g/mol. The zero-order chi connectivity index (χ0) is 29.0. The molecule has 0 unspecified atom stereocenters. The maximum atomic E-state index is 15.0. The van der Waals surface area contributed by atoms with Crippen LogP contribution in [0.1, 0.15) is 34.1 Å². The van der Waals surface area contributed by atoms with Gasteiger partial charge >= 0.3 is 0 Å². The summed E-state index contributed by atoms with van der Waals surface area (Å²) in [6.07, 6.45) is 3.07. The van der Waals surface area contributed by atoms with Crippen LogP contribution in [0, 0.1) is 23.5 Å². The van der Waals surface area contributed by atoms with E-state index < -0.39 is 23.1 Å². The van der Waals surface area contributed by atoms with E-state index in [9.17, 15) is 18.4 Å². The summed E-state index contributed by atoms with van der Waals surface area (Å²) in [6.45, 7) is 4.79. The SMILES string of the molecule is C=CC(=O)N1CC[C@H](n2nc(C#Cc3c(F)c(OC)cc(OC)c3F)c3c(N)ncc(C(=O)NCCOC)c32)C1. The number of nitrogen functional groups attached to an aromatic ring is 1. The summed E-state index contributed by atoms with van der Waals surface area (Å²) in [5.74, 6) is 1.94. The molecule has 2 aromatic heterocycles. The van der Waals surface area contributed by atoms with E-state index in [-0.39, 0.29) is 65.6 Å². The van der Waals surface area contributed by atoms with Crippen molar-refractivity contribution < 1.29 is 32.6 Å². The number of fused-ring (bicyclic) bond motifs is 1. The standard InChI is InChI=1S/C27H28F2N6O5/c1-5-21(36)34-10-8-15(14-34)35-25-17(27(37)31-9-11-38-2)13-32-26(30)22(25)18(33-35)7-6-16-23(28)19(39-3)12-20(40-4)24(16)29/h5,12-13,15H,1,8-11,14H2,2-4H3,(H2,30,32)(H,31,37)/t15-/m0/s1. The Hall–Kier alpha value is -4.70. The zero-order valence-corrected chi connectivity index (χ0v) is 22.2. The smallest absolute Gasteiger partial charge is 0.255 e. The largest absolute Gasteiger partial charge is 0.493 e. The number of rotatable bonds is 8. The number of benzene rings is 1. The topological polar surface area (TPSA) is 134 Å². The quantitative estimate of drug-likeness (QED) is 0.246. The predicted octanol–water partition coefficient (Wildman–Crippen LogP) is 2.04. The lowest BCUT2D eigenvalue weighted by atomic mass is 10.1. The van der Waals surface area contributed by atoms with Crippen molar-refractivity contribution in [3.8, 4) is 23.3 Å². The van der Waals surface area contributed by atoms with Crippen LogP contribution >= 0.6 is 0 Å². The molecule has 11 nitrogen and oxygen atoms in total. The van der Waals surface area contributed by atoms with Crippen LogP contribution in [0.4, 0.5) is 14.6 Å². The Kier molecular flexibility index (Phi) is 8.49. The number of hydrogen-bond donors (Lipinski definition) is 2. The van der Waals surface area contributed by atoms with Crippen LogP contribution in [0.25, 0.3) is 10.9 Å². The van der Waals surface area contributed by atoms with Crippen molar-refractivity contribution in [1.82, 2.24) is 25.0 Å². The van der Waals surface area contributed by atoms with E-state index in [0.717, 1.165) is 6.07 Å². The molecule has 1 aliphatic heterocycles. The minimum Gasteiger partial charge on any atom is -0.493 e. The highest BCUT2D eigenvalue weighted by Gasteiger charge is 2.31. The second-order valence-electron chi connectivity index (χ2n) is 8.79. The maximum Gasteiger partial charge on any atom is 0.255 e. The molecule has 0 spiro atoms. The normalized spacial score (nSPS) is 14.5. The van der Waals surface area contributed by atoms with E-state index in [1.165, 1.54) is 33.6 Å². The van der Waals surface area contributed by atoms with Crippen molar-refractivity contribution in [1.29, 1.82) is 0 Å². The molecule has 0 radical (unpaired) electrons. The lowest BCUT2D eigenvalue weighted by Crippen LogP contribution is -2.29. The van der Waals surface area contributed by atoms with Crippen LogP contribution in [0.3, 0.4) is 0 Å². The minimum atomic E-state index is -1.02. The van der Waals surface area contributed by atoms with Crippen molar-refractivity contribution in [3.05, 3.63) is 53.4 Å². The van der Waals surface area contributed by atoms with Gasteiger partial charge in [-0.2, -0.15) is 5.10 Å². The number of hydrogen-bond acceptors (Lipinski definition) is 8. The highest BCUT2D eigenvalue weighted by Crippen LogP contribution is 2.33. The first-order chi connectivity index (χ1) is 19.2. The third-order valence-electron chi connectivity index (χ3n) is 6.47. The van der Waals surface area contributed by atoms with Crippen LogP contribution in [0.5, 0.6) is 11.5 Å². The van der Waals surface area contributed by atoms with Crippen molar-refractivity contribution >= 4 is 28.5 Å². The van der Waals surface area contributed by atoms with Crippen LogP contribution in [-0.4, -0.2) is 79.0 Å². The first-order valence-corrected chi connectivity index (χ1v) is 12.2. The second kappa shape index (κ2) is 12.0. The molecule has 0 bridgehead atoms. The molecule has 0 aliphatic carbocycles. The van der Waals surface area contributed by atoms with E-state index in [1.54, 1.807) is 9.58 Å². The summed E-state index contributed by atoms with van der Waals surface area (Å²) < 4.78 is 46.5. The van der Waals surface area contributed by atoms with E-state index >= 15 is 0 Å². The fourth-order valence-electron chi connectivity index (χ4n) is 4.46. The molecule has 40 heavy (non-hydrogen) atoms. The number of pyridine rings is 1. The summed E-state index contributed by atoms with van der Waals surface area (Å²) >= 11 is 0. The number of halogens is 2. The Labute approximate surface area is 228 Å². The van der Waals surface area contributed by atoms with Crippen LogP contribution in [-0.2, 0) is 9.53 Å². The number of amides is 2. The van der Waals surface area contributed by atoms with Gasteiger partial charge < -0.3 is 30.2 Å². The minimum absolute atomic E-state index is 0.0141. The van der Waals surface area contributed by atoms with Crippen molar-refractivity contribution in [2.45, 2.75) is 12.5 Å². The highest BCUT2D eigenvalue weighted by atomic mass is 19.1. The number of carbonyl (C=O) groups excluding carboxylic acids is 2. The number of methoxy groups -OCH3 is 3. The monoisotopic (exact) mass is 554 g/mol. The van der Waals surface area contributed by atoms with Gasteiger partial charge in [0.25, 0.3) is 5.91 Å². The van der Waals surface area contributed by atoms with Crippen molar-refractivity contribution in [2.75, 3.05) is 53.3 Å². The van der Waals surface area contributed by atoms with Gasteiger partial charge in [-0.1, -0.05) is 12.5 Å². The van der Waals surface area contributed by atoms with Crippen molar-refractivity contribution in [3.63, 3.8) is 0 Å². The highest BCUT2D eigenvalue weighted by molar-refractivity contribution is 6.09. The number of nitrogens with two attached hydrogens (primary N) is 1. The molecule has 210 valence electrons. The van der Waals surface area contributed by atoms with Gasteiger partial charge in [-0.15, -0.1) is 0 Å². The summed E-state index contributed by atoms with van der Waals surface area (Å²) in [6, 6.07) is 0.729. The van der Waals surface area contributed by atoms with E-state index in [4.69, 9.17) is 19.9 Å². The summed E-state index contributed by atoms with van der Waals surface area (Å²) in [7, 11) is 3.97. The van der Waals surface area contributed by atoms with Gasteiger partial charge in [0, 0.05) is 39.0 Å². The van der Waals surface area contributed by atoms with Gasteiger partial charge in [-0.05, 0) is 18.4 Å². The third-order valence-corrected chi connectivity index (χ3v) is 6.47. The number of ether oxygens (including phenoxy) is 3. The molecule has 2 amide bonds. The van der Waals surface area contributed by atoms with E-state index in [1.807, 2.05) is 0 Å². The fraction of sp³-hybridized carbons (Fsp3) is 0.333. The molecule has 1 aromatic carbocycles. The fourth-order valence-corrected chi connectivity index (χ4v) is 4.46. The molecular formula is C27H28F2N6O5. The predicted molar refractivity (Wildman–Crippen MR) is 142 cm³/mol. The maximum absolute atomic E-state index is 15.0. The van der Waals surface area contributed by atoms with Gasteiger partial charge in [0.15, 0.2) is 23.1 Å². The van der Waals surface area contributed by atoms with Crippen molar-refractivity contribution in [2.24, 2.45) is 0 Å². The van der Waals surface area contributed by atoms with Crippen LogP contribution in [0.2, 0.25) is 0 Å². The number of likely N-dealkylation sites (tertiary alicyclic amines) is 1. The second-order valence-corrected chi connectivity index (χ2v) is 8.79. The lowest BCUT2D eigenvalue weighted by molar-refractivity contribution is -0.125. The van der Waals surface area contributed by atoms with E-state index in [0.29, 0.717) is 18.5 Å². The number of anilines is 1. The Morgan fingerprint density at radius 2 is 1.93 bits per heavy atom. The summed E-state index contributed by atoms with van der Waals surface area (Å²) in [4.78, 5) is 31.1. The average Bonchev–Trinajstić information content (AvgIpc) is 3.59. The van der Waals surface area contributed by atoms with Gasteiger partial charge in [0.2, 0.25) is 5.91 Å². The van der Waals surface area contributed by atoms with E-state index in [2.05, 4.69) is 33.8 Å². The molecule has 3 heterocycles. The zero-order valence-electron chi connectivity index (χ0n) is 22.2.